The van der Waals surface area contributed by atoms with Crippen molar-refractivity contribution in [1.29, 1.82) is 0 Å². The standard InChI is InChI=1S/C22H32N4O4/c1-16(2)15-30-18-6-4-17(5-7-18)14-19-20(27)24-22(25-21(19)28)23-8-3-9-26-10-12-29-13-11-26/h4-7,16H,3,8-15H2,1-2H3,(H3,23,24,25,27,28). The van der Waals surface area contributed by atoms with E-state index in [1.54, 1.807) is 0 Å². The van der Waals surface area contributed by atoms with E-state index >= 15 is 0 Å². The van der Waals surface area contributed by atoms with E-state index in [0.717, 1.165) is 50.6 Å². The highest BCUT2D eigenvalue weighted by atomic mass is 16.5. The first-order valence-corrected chi connectivity index (χ1v) is 10.6. The van der Waals surface area contributed by atoms with Gasteiger partial charge in [-0.25, -0.2) is 0 Å². The topological polar surface area (TPSA) is 99.7 Å². The van der Waals surface area contributed by atoms with Gasteiger partial charge in [0, 0.05) is 26.1 Å². The molecule has 30 heavy (non-hydrogen) atoms. The molecule has 2 heterocycles. The van der Waals surface area contributed by atoms with Crippen molar-refractivity contribution in [1.82, 2.24) is 14.9 Å². The van der Waals surface area contributed by atoms with Crippen LogP contribution in [0.1, 0.15) is 31.4 Å². The molecule has 1 aromatic carbocycles. The molecule has 8 nitrogen and oxygen atoms in total. The van der Waals surface area contributed by atoms with Crippen molar-refractivity contribution >= 4 is 5.95 Å². The summed E-state index contributed by atoms with van der Waals surface area (Å²) in [6.45, 7) is 9.95. The number of morpholine rings is 1. The van der Waals surface area contributed by atoms with Crippen molar-refractivity contribution in [2.24, 2.45) is 5.92 Å². The highest BCUT2D eigenvalue weighted by Crippen LogP contribution is 2.18. The summed E-state index contributed by atoms with van der Waals surface area (Å²) >= 11 is 0. The van der Waals surface area contributed by atoms with E-state index in [4.69, 9.17) is 9.47 Å². The van der Waals surface area contributed by atoms with E-state index in [0.29, 0.717) is 31.4 Å². The molecule has 0 bridgehead atoms. The molecular weight excluding hydrogens is 384 g/mol. The minimum Gasteiger partial charge on any atom is -0.493 e. The van der Waals surface area contributed by atoms with Gasteiger partial charge >= 0.3 is 0 Å². The van der Waals surface area contributed by atoms with Crippen LogP contribution < -0.4 is 15.6 Å². The predicted octanol–water partition coefficient (Wildman–Crippen LogP) is 2.24. The fraction of sp³-hybridized carbons (Fsp3) is 0.545. The van der Waals surface area contributed by atoms with E-state index in [1.165, 1.54) is 0 Å². The molecule has 1 fully saturated rings. The average molecular weight is 417 g/mol. The molecule has 0 unspecified atom stereocenters. The van der Waals surface area contributed by atoms with Crippen molar-refractivity contribution in [3.05, 3.63) is 45.7 Å². The molecule has 0 aliphatic carbocycles. The van der Waals surface area contributed by atoms with Crippen molar-refractivity contribution < 1.29 is 14.6 Å². The minimum absolute atomic E-state index is 0.241. The Labute approximate surface area is 177 Å². The van der Waals surface area contributed by atoms with Gasteiger partial charge < -0.3 is 19.9 Å². The lowest BCUT2D eigenvalue weighted by atomic mass is 10.1. The maximum absolute atomic E-state index is 12.4. The summed E-state index contributed by atoms with van der Waals surface area (Å²) in [5.74, 6) is 1.30. The molecule has 164 valence electrons. The third kappa shape index (κ3) is 6.74. The number of ether oxygens (including phenoxy) is 2. The van der Waals surface area contributed by atoms with Crippen molar-refractivity contribution in [2.45, 2.75) is 26.7 Å². The molecule has 1 saturated heterocycles. The number of hydrogen-bond donors (Lipinski definition) is 3. The van der Waals surface area contributed by atoms with Gasteiger partial charge in [0.1, 0.15) is 5.75 Å². The lowest BCUT2D eigenvalue weighted by molar-refractivity contribution is 0.0378. The van der Waals surface area contributed by atoms with Gasteiger partial charge in [-0.2, -0.15) is 4.98 Å². The third-order valence-electron chi connectivity index (χ3n) is 4.93. The first-order valence-electron chi connectivity index (χ1n) is 10.6. The second kappa shape index (κ2) is 11.0. The number of anilines is 1. The molecule has 8 heteroatoms. The molecule has 0 saturated carbocycles. The molecule has 1 aliphatic rings. The Kier molecular flexibility index (Phi) is 8.10. The second-order valence-electron chi connectivity index (χ2n) is 7.98. The van der Waals surface area contributed by atoms with Gasteiger partial charge in [-0.15, -0.1) is 0 Å². The highest BCUT2D eigenvalue weighted by Gasteiger charge is 2.13. The largest absolute Gasteiger partial charge is 0.493 e. The van der Waals surface area contributed by atoms with Gasteiger partial charge in [-0.3, -0.25) is 14.7 Å². The number of aromatic nitrogens is 2. The fourth-order valence-corrected chi connectivity index (χ4v) is 3.23. The minimum atomic E-state index is -0.335. The Balaban J connectivity index is 1.52. The summed E-state index contributed by atoms with van der Waals surface area (Å²) in [5, 5.41) is 13.4. The summed E-state index contributed by atoms with van der Waals surface area (Å²) in [6.07, 6.45) is 1.22. The zero-order valence-electron chi connectivity index (χ0n) is 17.8. The molecule has 0 atom stereocenters. The Hall–Kier alpha value is -2.58. The predicted molar refractivity (Wildman–Crippen MR) is 116 cm³/mol. The van der Waals surface area contributed by atoms with Crippen molar-refractivity contribution in [3.63, 3.8) is 0 Å². The monoisotopic (exact) mass is 416 g/mol. The third-order valence-corrected chi connectivity index (χ3v) is 4.93. The highest BCUT2D eigenvalue weighted by molar-refractivity contribution is 5.37. The molecule has 0 amide bonds. The van der Waals surface area contributed by atoms with Crippen molar-refractivity contribution in [2.75, 3.05) is 51.3 Å². The van der Waals surface area contributed by atoms with Gasteiger partial charge in [-0.05, 0) is 36.6 Å². The zero-order chi connectivity index (χ0) is 21.3. The second-order valence-corrected chi connectivity index (χ2v) is 7.98. The van der Waals surface area contributed by atoms with Gasteiger partial charge in [0.25, 0.3) is 5.56 Å². The number of aromatic amines is 1. The van der Waals surface area contributed by atoms with Crippen LogP contribution in [-0.4, -0.2) is 66.0 Å². The average Bonchev–Trinajstić information content (AvgIpc) is 2.74. The normalized spacial score (nSPS) is 14.8. The smallest absolute Gasteiger partial charge is 0.259 e. The molecule has 1 aromatic heterocycles. The first kappa shape index (κ1) is 22.1. The van der Waals surface area contributed by atoms with Crippen LogP contribution in [0.3, 0.4) is 0 Å². The summed E-state index contributed by atoms with van der Waals surface area (Å²) in [4.78, 5) is 21.6. The maximum atomic E-state index is 12.4. The van der Waals surface area contributed by atoms with E-state index in [-0.39, 0.29) is 17.0 Å². The lowest BCUT2D eigenvalue weighted by Crippen LogP contribution is -2.37. The first-order chi connectivity index (χ1) is 14.5. The summed E-state index contributed by atoms with van der Waals surface area (Å²) in [5.41, 5.74) is 0.823. The molecule has 0 radical (unpaired) electrons. The molecule has 1 aliphatic heterocycles. The van der Waals surface area contributed by atoms with Crippen LogP contribution in [0.4, 0.5) is 5.95 Å². The lowest BCUT2D eigenvalue weighted by Gasteiger charge is -2.26. The zero-order valence-corrected chi connectivity index (χ0v) is 17.8. The summed E-state index contributed by atoms with van der Waals surface area (Å²) in [7, 11) is 0. The fourth-order valence-electron chi connectivity index (χ4n) is 3.23. The Morgan fingerprint density at radius 1 is 1.27 bits per heavy atom. The number of benzene rings is 1. The number of nitrogens with zero attached hydrogens (tertiary/aromatic N) is 2. The van der Waals surface area contributed by atoms with Gasteiger partial charge in [0.2, 0.25) is 11.8 Å². The van der Waals surface area contributed by atoms with Crippen LogP contribution in [-0.2, 0) is 11.2 Å². The SMILES string of the molecule is CC(C)COc1ccc(Cc2c(O)nc(NCCCN3CCOCC3)[nH]c2=O)cc1. The van der Waals surface area contributed by atoms with Crippen LogP contribution in [0.5, 0.6) is 11.6 Å². The van der Waals surface area contributed by atoms with E-state index in [2.05, 4.69) is 34.0 Å². The molecular formula is C22H32N4O4. The quantitative estimate of drug-likeness (QED) is 0.511. The van der Waals surface area contributed by atoms with Crippen molar-refractivity contribution in [3.8, 4) is 11.6 Å². The number of aromatic hydroxyl groups is 1. The van der Waals surface area contributed by atoms with Crippen LogP contribution in [0, 0.1) is 5.92 Å². The van der Waals surface area contributed by atoms with Gasteiger partial charge in [0.05, 0.1) is 25.4 Å². The van der Waals surface area contributed by atoms with Crippen LogP contribution >= 0.6 is 0 Å². The van der Waals surface area contributed by atoms with Crippen LogP contribution in [0.25, 0.3) is 0 Å². The number of nitrogens with one attached hydrogen (secondary N) is 2. The Morgan fingerprint density at radius 3 is 2.67 bits per heavy atom. The van der Waals surface area contributed by atoms with Gasteiger partial charge in [0.15, 0.2) is 0 Å². The molecule has 2 aromatic rings. The molecule has 0 spiro atoms. The van der Waals surface area contributed by atoms with E-state index < -0.39 is 0 Å². The van der Waals surface area contributed by atoms with Gasteiger partial charge in [-0.1, -0.05) is 26.0 Å². The number of rotatable bonds is 10. The van der Waals surface area contributed by atoms with E-state index in [9.17, 15) is 9.90 Å². The maximum Gasteiger partial charge on any atom is 0.259 e. The summed E-state index contributed by atoms with van der Waals surface area (Å²) < 4.78 is 11.0. The number of H-pyrrole nitrogens is 1. The van der Waals surface area contributed by atoms with Crippen LogP contribution in [0.15, 0.2) is 29.1 Å². The van der Waals surface area contributed by atoms with Crippen LogP contribution in [0.2, 0.25) is 0 Å². The number of hydrogen-bond acceptors (Lipinski definition) is 7. The van der Waals surface area contributed by atoms with E-state index in [1.807, 2.05) is 24.3 Å². The molecule has 3 rings (SSSR count). The molecule has 3 N–H and O–H groups in total. The summed E-state index contributed by atoms with van der Waals surface area (Å²) in [6, 6.07) is 7.54. The Morgan fingerprint density at radius 2 is 2.00 bits per heavy atom. The Bertz CT molecular complexity index is 845.